The van der Waals surface area contributed by atoms with Crippen LogP contribution in [0.1, 0.15) is 49.4 Å². The molecular formula is C19H23N3O5S2. The number of anilines is 2. The molecule has 29 heavy (non-hydrogen) atoms. The Morgan fingerprint density at radius 2 is 1.86 bits per heavy atom. The van der Waals surface area contributed by atoms with Gasteiger partial charge in [-0.15, -0.1) is 0 Å². The number of unbranched alkanes of at least 4 members (excludes halogenated alkanes) is 2. The maximum atomic E-state index is 12.8. The van der Waals surface area contributed by atoms with Crippen LogP contribution >= 0.6 is 11.3 Å². The zero-order chi connectivity index (χ0) is 21.6. The third-order valence-electron chi connectivity index (χ3n) is 4.06. The molecule has 0 bridgehead atoms. The molecule has 2 rings (SSSR count). The van der Waals surface area contributed by atoms with Crippen LogP contribution in [0.4, 0.5) is 10.8 Å². The van der Waals surface area contributed by atoms with Crippen molar-refractivity contribution in [2.24, 2.45) is 5.73 Å². The predicted molar refractivity (Wildman–Crippen MR) is 111 cm³/mol. The summed E-state index contributed by atoms with van der Waals surface area (Å²) in [7, 11) is -3.53. The number of benzene rings is 1. The van der Waals surface area contributed by atoms with Crippen molar-refractivity contribution in [3.05, 3.63) is 36.0 Å². The highest BCUT2D eigenvalue weighted by Crippen LogP contribution is 2.34. The predicted octanol–water partition coefficient (Wildman–Crippen LogP) is 2.85. The van der Waals surface area contributed by atoms with Crippen LogP contribution in [0.5, 0.6) is 0 Å². The van der Waals surface area contributed by atoms with Crippen LogP contribution in [0.2, 0.25) is 0 Å². The normalized spacial score (nSPS) is 11.2. The first-order valence-corrected chi connectivity index (χ1v) is 11.7. The molecule has 0 aliphatic heterocycles. The van der Waals surface area contributed by atoms with Gasteiger partial charge in [-0.2, -0.15) is 0 Å². The smallest absolute Gasteiger partial charge is 0.242 e. The molecule has 2 aromatic rings. The van der Waals surface area contributed by atoms with Gasteiger partial charge in [0.05, 0.1) is 11.9 Å². The SMILES string of the molecule is CCCCCC(=O)c1ccccc1N(C(=O)CC(N)=O)c1ncc(S(C)(=O)=O)s1. The summed E-state index contributed by atoms with van der Waals surface area (Å²) in [6, 6.07) is 6.48. The number of para-hydroxylation sites is 1. The number of hydrogen-bond acceptors (Lipinski definition) is 7. The lowest BCUT2D eigenvalue weighted by atomic mass is 10.0. The second-order valence-corrected chi connectivity index (χ2v) is 9.76. The van der Waals surface area contributed by atoms with Gasteiger partial charge in [0.1, 0.15) is 10.6 Å². The van der Waals surface area contributed by atoms with E-state index in [9.17, 15) is 22.8 Å². The number of rotatable bonds is 10. The third kappa shape index (κ3) is 5.94. The number of nitrogens with zero attached hydrogens (tertiary/aromatic N) is 2. The van der Waals surface area contributed by atoms with Gasteiger partial charge in [0.15, 0.2) is 20.8 Å². The van der Waals surface area contributed by atoms with Crippen LogP contribution in [0.3, 0.4) is 0 Å². The lowest BCUT2D eigenvalue weighted by Crippen LogP contribution is -2.31. The van der Waals surface area contributed by atoms with Gasteiger partial charge in [-0.1, -0.05) is 43.2 Å². The van der Waals surface area contributed by atoms with Gasteiger partial charge in [0, 0.05) is 18.2 Å². The molecule has 2 amide bonds. The molecule has 0 radical (unpaired) electrons. The van der Waals surface area contributed by atoms with E-state index >= 15 is 0 Å². The molecule has 0 spiro atoms. The Labute approximate surface area is 173 Å². The Hall–Kier alpha value is -2.59. The van der Waals surface area contributed by atoms with Gasteiger partial charge in [0.25, 0.3) is 0 Å². The Morgan fingerprint density at radius 1 is 1.17 bits per heavy atom. The highest BCUT2D eigenvalue weighted by atomic mass is 32.2. The Kier molecular flexibility index (Phi) is 7.63. The summed E-state index contributed by atoms with van der Waals surface area (Å²) in [6.45, 7) is 2.03. The van der Waals surface area contributed by atoms with Gasteiger partial charge in [0.2, 0.25) is 11.8 Å². The number of thiazole rings is 1. The van der Waals surface area contributed by atoms with Crippen molar-refractivity contribution in [1.82, 2.24) is 4.98 Å². The number of Topliss-reactive ketones (excluding diaryl/α,β-unsaturated/α-hetero) is 1. The zero-order valence-corrected chi connectivity index (χ0v) is 17.9. The zero-order valence-electron chi connectivity index (χ0n) is 16.3. The Balaban J connectivity index is 2.53. The minimum absolute atomic E-state index is 0.0314. The van der Waals surface area contributed by atoms with Crippen molar-refractivity contribution in [2.75, 3.05) is 11.2 Å². The van der Waals surface area contributed by atoms with E-state index in [4.69, 9.17) is 5.73 Å². The van der Waals surface area contributed by atoms with Crippen molar-refractivity contribution in [2.45, 2.75) is 43.2 Å². The Bertz CT molecular complexity index is 1010. The van der Waals surface area contributed by atoms with Gasteiger partial charge in [-0.25, -0.2) is 13.4 Å². The van der Waals surface area contributed by atoms with Crippen molar-refractivity contribution < 1.29 is 22.8 Å². The number of ketones is 1. The summed E-state index contributed by atoms with van der Waals surface area (Å²) in [6.07, 6.45) is 4.47. The fourth-order valence-electron chi connectivity index (χ4n) is 2.67. The summed E-state index contributed by atoms with van der Waals surface area (Å²) >= 11 is 0.783. The van der Waals surface area contributed by atoms with Crippen LogP contribution in [0.15, 0.2) is 34.7 Å². The molecule has 10 heteroatoms. The Morgan fingerprint density at radius 3 is 2.45 bits per heavy atom. The van der Waals surface area contributed by atoms with E-state index in [2.05, 4.69) is 4.98 Å². The molecule has 0 saturated carbocycles. The number of carbonyl (C=O) groups excluding carboxylic acids is 3. The van der Waals surface area contributed by atoms with E-state index in [-0.39, 0.29) is 20.8 Å². The molecule has 0 fully saturated rings. The van der Waals surface area contributed by atoms with Crippen molar-refractivity contribution in [1.29, 1.82) is 0 Å². The molecule has 156 valence electrons. The maximum absolute atomic E-state index is 12.8. The van der Waals surface area contributed by atoms with E-state index in [1.54, 1.807) is 24.3 Å². The fraction of sp³-hybridized carbons (Fsp3) is 0.368. The second kappa shape index (κ2) is 9.75. The molecule has 0 unspecified atom stereocenters. The molecule has 8 nitrogen and oxygen atoms in total. The first-order valence-electron chi connectivity index (χ1n) is 9.04. The van der Waals surface area contributed by atoms with E-state index in [1.807, 2.05) is 6.92 Å². The van der Waals surface area contributed by atoms with Crippen LogP contribution in [0, 0.1) is 0 Å². The monoisotopic (exact) mass is 437 g/mol. The summed E-state index contributed by atoms with van der Waals surface area (Å²) in [5, 5.41) is 0.0467. The average molecular weight is 438 g/mol. The van der Waals surface area contributed by atoms with E-state index in [1.165, 1.54) is 0 Å². The summed E-state index contributed by atoms with van der Waals surface area (Å²) in [5.41, 5.74) is 5.72. The molecule has 1 aromatic carbocycles. The molecule has 1 heterocycles. The number of primary amides is 1. The quantitative estimate of drug-likeness (QED) is 0.346. The minimum atomic E-state index is -3.53. The van der Waals surface area contributed by atoms with Crippen molar-refractivity contribution in [3.8, 4) is 0 Å². The standard InChI is InChI=1S/C19H23N3O5S2/c1-3-4-5-10-15(23)13-8-6-7-9-14(13)22(17(25)11-16(20)24)19-21-12-18(28-19)29(2,26)27/h6-9,12H,3-5,10-11H2,1-2H3,(H2,20,24). The van der Waals surface area contributed by atoms with E-state index < -0.39 is 28.1 Å². The van der Waals surface area contributed by atoms with Gasteiger partial charge in [-0.05, 0) is 18.6 Å². The summed E-state index contributed by atoms with van der Waals surface area (Å²) in [4.78, 5) is 42.0. The fourth-order valence-corrected chi connectivity index (χ4v) is 4.43. The van der Waals surface area contributed by atoms with Gasteiger partial charge in [-0.3, -0.25) is 19.3 Å². The number of amides is 2. The maximum Gasteiger partial charge on any atom is 0.242 e. The molecule has 0 aliphatic carbocycles. The molecule has 1 aromatic heterocycles. The van der Waals surface area contributed by atoms with Gasteiger partial charge >= 0.3 is 0 Å². The van der Waals surface area contributed by atoms with Crippen LogP contribution in [-0.2, 0) is 19.4 Å². The average Bonchev–Trinajstić information content (AvgIpc) is 3.12. The number of sulfone groups is 1. The molecular weight excluding hydrogens is 414 g/mol. The third-order valence-corrected chi connectivity index (χ3v) is 6.83. The minimum Gasteiger partial charge on any atom is -0.369 e. The van der Waals surface area contributed by atoms with Crippen molar-refractivity contribution in [3.63, 3.8) is 0 Å². The first kappa shape index (κ1) is 22.7. The lowest BCUT2D eigenvalue weighted by molar-refractivity contribution is -0.125. The summed E-state index contributed by atoms with van der Waals surface area (Å²) in [5.74, 6) is -1.68. The van der Waals surface area contributed by atoms with Gasteiger partial charge < -0.3 is 5.73 Å². The van der Waals surface area contributed by atoms with Crippen LogP contribution in [-0.4, -0.2) is 37.3 Å². The second-order valence-electron chi connectivity index (χ2n) is 6.50. The largest absolute Gasteiger partial charge is 0.369 e. The van der Waals surface area contributed by atoms with Crippen LogP contribution in [0.25, 0.3) is 0 Å². The number of nitrogens with two attached hydrogens (primary N) is 1. The topological polar surface area (TPSA) is 128 Å². The highest BCUT2D eigenvalue weighted by Gasteiger charge is 2.27. The first-order chi connectivity index (χ1) is 13.6. The van der Waals surface area contributed by atoms with E-state index in [0.717, 1.165) is 41.5 Å². The molecule has 0 saturated heterocycles. The van der Waals surface area contributed by atoms with E-state index in [0.29, 0.717) is 18.4 Å². The number of carbonyl (C=O) groups is 3. The lowest BCUT2D eigenvalue weighted by Gasteiger charge is -2.22. The number of aromatic nitrogens is 1. The molecule has 2 N–H and O–H groups in total. The van der Waals surface area contributed by atoms with Crippen molar-refractivity contribution >= 4 is 49.6 Å². The highest BCUT2D eigenvalue weighted by molar-refractivity contribution is 7.92. The molecule has 0 aliphatic rings. The molecule has 0 atom stereocenters. The number of hydrogen-bond donors (Lipinski definition) is 1. The van der Waals surface area contributed by atoms with Crippen LogP contribution < -0.4 is 10.6 Å². The summed E-state index contributed by atoms with van der Waals surface area (Å²) < 4.78 is 23.6.